The number of hydrogen-bond acceptors (Lipinski definition) is 3. The molecular weight excluding hydrogens is 252 g/mol. The van der Waals surface area contributed by atoms with Crippen LogP contribution in [0.2, 0.25) is 0 Å². The molecule has 1 heterocycles. The number of likely N-dealkylation sites (tertiary alicyclic amines) is 1. The van der Waals surface area contributed by atoms with Gasteiger partial charge in [0.1, 0.15) is 5.60 Å². The molecule has 1 fully saturated rings. The standard InChI is InChI=1S/C16H32N2O2/c1-7-8-13-9-14(11-18(10-13)12(2)3)17-15(19)20-16(4,5)6/h12-14H,7-11H2,1-6H3,(H,17,19). The van der Waals surface area contributed by atoms with E-state index in [0.717, 1.165) is 19.5 Å². The van der Waals surface area contributed by atoms with Crippen LogP contribution in [0, 0.1) is 5.92 Å². The lowest BCUT2D eigenvalue weighted by atomic mass is 9.90. The highest BCUT2D eigenvalue weighted by Gasteiger charge is 2.30. The van der Waals surface area contributed by atoms with Gasteiger partial charge in [-0.3, -0.25) is 4.90 Å². The van der Waals surface area contributed by atoms with Crippen LogP contribution in [0.1, 0.15) is 60.8 Å². The molecule has 2 atom stereocenters. The van der Waals surface area contributed by atoms with Gasteiger partial charge in [0.05, 0.1) is 0 Å². The molecule has 0 aromatic carbocycles. The van der Waals surface area contributed by atoms with E-state index < -0.39 is 5.60 Å². The largest absolute Gasteiger partial charge is 0.444 e. The zero-order valence-electron chi connectivity index (χ0n) is 14.0. The first kappa shape index (κ1) is 17.3. The molecule has 2 unspecified atom stereocenters. The van der Waals surface area contributed by atoms with E-state index in [1.54, 1.807) is 0 Å². The van der Waals surface area contributed by atoms with Gasteiger partial charge in [0, 0.05) is 25.2 Å². The van der Waals surface area contributed by atoms with Crippen LogP contribution in [0.15, 0.2) is 0 Å². The minimum absolute atomic E-state index is 0.206. The molecule has 1 aliphatic rings. The fourth-order valence-corrected chi connectivity index (χ4v) is 2.86. The molecule has 4 heteroatoms. The summed E-state index contributed by atoms with van der Waals surface area (Å²) in [5.41, 5.74) is -0.431. The number of carbonyl (C=O) groups excluding carboxylic acids is 1. The summed E-state index contributed by atoms with van der Waals surface area (Å²) in [5, 5.41) is 3.05. The third-order valence-corrected chi connectivity index (χ3v) is 3.71. The van der Waals surface area contributed by atoms with Crippen LogP contribution >= 0.6 is 0 Å². The maximum absolute atomic E-state index is 11.9. The van der Waals surface area contributed by atoms with E-state index in [1.165, 1.54) is 12.8 Å². The quantitative estimate of drug-likeness (QED) is 0.860. The zero-order chi connectivity index (χ0) is 15.3. The molecule has 0 bridgehead atoms. The topological polar surface area (TPSA) is 41.6 Å². The number of nitrogens with one attached hydrogen (secondary N) is 1. The lowest BCUT2D eigenvalue weighted by Crippen LogP contribution is -2.53. The van der Waals surface area contributed by atoms with Crippen LogP contribution in [-0.4, -0.2) is 41.8 Å². The number of rotatable bonds is 4. The van der Waals surface area contributed by atoms with Crippen LogP contribution < -0.4 is 5.32 Å². The van der Waals surface area contributed by atoms with E-state index in [4.69, 9.17) is 4.74 Å². The third kappa shape index (κ3) is 6.12. The smallest absolute Gasteiger partial charge is 0.407 e. The first-order valence-corrected chi connectivity index (χ1v) is 7.94. The number of hydrogen-bond donors (Lipinski definition) is 1. The molecule has 1 rings (SSSR count). The molecule has 1 aliphatic heterocycles. The molecule has 0 radical (unpaired) electrons. The van der Waals surface area contributed by atoms with Gasteiger partial charge >= 0.3 is 6.09 Å². The van der Waals surface area contributed by atoms with Crippen molar-refractivity contribution in [3.63, 3.8) is 0 Å². The fraction of sp³-hybridized carbons (Fsp3) is 0.938. The monoisotopic (exact) mass is 284 g/mol. The van der Waals surface area contributed by atoms with Gasteiger partial charge in [-0.1, -0.05) is 13.3 Å². The van der Waals surface area contributed by atoms with Gasteiger partial charge in [-0.15, -0.1) is 0 Å². The highest BCUT2D eigenvalue weighted by Crippen LogP contribution is 2.23. The molecular formula is C16H32N2O2. The molecule has 1 N–H and O–H groups in total. The fourth-order valence-electron chi connectivity index (χ4n) is 2.86. The summed E-state index contributed by atoms with van der Waals surface area (Å²) in [6.07, 6.45) is 3.21. The lowest BCUT2D eigenvalue weighted by molar-refractivity contribution is 0.0423. The van der Waals surface area contributed by atoms with Crippen LogP contribution in [-0.2, 0) is 4.74 Å². The minimum Gasteiger partial charge on any atom is -0.444 e. The summed E-state index contributed by atoms with van der Waals surface area (Å²) < 4.78 is 5.36. The maximum Gasteiger partial charge on any atom is 0.407 e. The summed E-state index contributed by atoms with van der Waals surface area (Å²) in [5.74, 6) is 0.677. The van der Waals surface area contributed by atoms with Gasteiger partial charge in [-0.2, -0.15) is 0 Å². The van der Waals surface area contributed by atoms with Crippen molar-refractivity contribution in [3.05, 3.63) is 0 Å². The lowest BCUT2D eigenvalue weighted by Gasteiger charge is -2.40. The van der Waals surface area contributed by atoms with E-state index in [-0.39, 0.29) is 12.1 Å². The summed E-state index contributed by atoms with van der Waals surface area (Å²) in [4.78, 5) is 14.4. The molecule has 0 spiro atoms. The van der Waals surface area contributed by atoms with Crippen LogP contribution in [0.3, 0.4) is 0 Å². The maximum atomic E-state index is 11.9. The van der Waals surface area contributed by atoms with E-state index in [1.807, 2.05) is 20.8 Å². The Hall–Kier alpha value is -0.770. The van der Waals surface area contributed by atoms with Crippen molar-refractivity contribution in [2.75, 3.05) is 13.1 Å². The van der Waals surface area contributed by atoms with Crippen molar-refractivity contribution in [3.8, 4) is 0 Å². The van der Waals surface area contributed by atoms with E-state index in [0.29, 0.717) is 12.0 Å². The van der Waals surface area contributed by atoms with E-state index in [9.17, 15) is 4.79 Å². The molecule has 20 heavy (non-hydrogen) atoms. The number of amides is 1. The Kier molecular flexibility index (Phi) is 6.31. The Morgan fingerprint density at radius 1 is 1.35 bits per heavy atom. The molecule has 4 nitrogen and oxygen atoms in total. The molecule has 0 saturated carbocycles. The van der Waals surface area contributed by atoms with E-state index in [2.05, 4.69) is 31.0 Å². The highest BCUT2D eigenvalue weighted by atomic mass is 16.6. The third-order valence-electron chi connectivity index (χ3n) is 3.71. The second kappa shape index (κ2) is 7.30. The molecule has 0 aliphatic carbocycles. The van der Waals surface area contributed by atoms with Gasteiger partial charge in [0.15, 0.2) is 0 Å². The Morgan fingerprint density at radius 3 is 2.50 bits per heavy atom. The van der Waals surface area contributed by atoms with Crippen molar-refractivity contribution in [1.82, 2.24) is 10.2 Å². The molecule has 1 saturated heterocycles. The first-order chi connectivity index (χ1) is 9.21. The highest BCUT2D eigenvalue weighted by molar-refractivity contribution is 5.68. The van der Waals surface area contributed by atoms with Gasteiger partial charge in [0.25, 0.3) is 0 Å². The predicted octanol–water partition coefficient (Wildman–Crippen LogP) is 3.41. The summed E-state index contributed by atoms with van der Waals surface area (Å²) in [6.45, 7) is 14.4. The van der Waals surface area contributed by atoms with Crippen molar-refractivity contribution >= 4 is 6.09 Å². The van der Waals surface area contributed by atoms with Gasteiger partial charge < -0.3 is 10.1 Å². The minimum atomic E-state index is -0.431. The average Bonchev–Trinajstić information content (AvgIpc) is 2.26. The average molecular weight is 284 g/mol. The van der Waals surface area contributed by atoms with Crippen LogP contribution in [0.5, 0.6) is 0 Å². The molecule has 0 aromatic heterocycles. The second-order valence-electron chi connectivity index (χ2n) is 7.28. The summed E-state index contributed by atoms with van der Waals surface area (Å²) in [7, 11) is 0. The van der Waals surface area contributed by atoms with Crippen molar-refractivity contribution in [2.45, 2.75) is 78.5 Å². The number of ether oxygens (including phenoxy) is 1. The molecule has 118 valence electrons. The number of carbonyl (C=O) groups is 1. The van der Waals surface area contributed by atoms with Crippen molar-refractivity contribution < 1.29 is 9.53 Å². The Balaban J connectivity index is 2.56. The summed E-state index contributed by atoms with van der Waals surface area (Å²) in [6, 6.07) is 0.732. The van der Waals surface area contributed by atoms with Gasteiger partial charge in [-0.25, -0.2) is 4.79 Å². The normalized spacial score (nSPS) is 24.8. The first-order valence-electron chi connectivity index (χ1n) is 7.94. The number of piperidine rings is 1. The van der Waals surface area contributed by atoms with Crippen LogP contribution in [0.4, 0.5) is 4.79 Å². The number of nitrogens with zero attached hydrogens (tertiary/aromatic N) is 1. The zero-order valence-corrected chi connectivity index (χ0v) is 14.0. The van der Waals surface area contributed by atoms with Crippen molar-refractivity contribution in [2.24, 2.45) is 5.92 Å². The Morgan fingerprint density at radius 2 is 2.00 bits per heavy atom. The molecule has 0 aromatic rings. The van der Waals surface area contributed by atoms with Crippen LogP contribution in [0.25, 0.3) is 0 Å². The predicted molar refractivity (Wildman–Crippen MR) is 82.9 cm³/mol. The van der Waals surface area contributed by atoms with Gasteiger partial charge in [-0.05, 0) is 53.4 Å². The Labute approximate surface area is 124 Å². The SMILES string of the molecule is CCCC1CC(NC(=O)OC(C)(C)C)CN(C(C)C)C1. The molecule has 1 amide bonds. The number of alkyl carbamates (subject to hydrolysis) is 1. The van der Waals surface area contributed by atoms with E-state index >= 15 is 0 Å². The Bertz CT molecular complexity index is 310. The second-order valence-corrected chi connectivity index (χ2v) is 7.28. The van der Waals surface area contributed by atoms with Crippen molar-refractivity contribution in [1.29, 1.82) is 0 Å². The van der Waals surface area contributed by atoms with Gasteiger partial charge in [0.2, 0.25) is 0 Å². The summed E-state index contributed by atoms with van der Waals surface area (Å²) >= 11 is 0.